The molecule has 6 nitrogen and oxygen atoms in total. The lowest BCUT2D eigenvalue weighted by Gasteiger charge is -2.41. The van der Waals surface area contributed by atoms with Gasteiger partial charge in [-0.05, 0) is 24.6 Å². The molecule has 0 saturated carbocycles. The Balaban J connectivity index is 1.72. The largest absolute Gasteiger partial charge is 0.509 e. The molecule has 7 heteroatoms. The molecule has 4 fully saturated rings. The maximum Gasteiger partial charge on any atom is 0.509 e. The minimum Gasteiger partial charge on any atom is -0.427 e. The van der Waals surface area contributed by atoms with Crippen molar-refractivity contribution in [1.29, 1.82) is 0 Å². The average Bonchev–Trinajstić information content (AvgIpc) is 3.05. The van der Waals surface area contributed by atoms with Crippen LogP contribution in [0.3, 0.4) is 0 Å². The standard InChI is InChI=1S/C14H13ClO6/c1-8-14(19-11(16)18-8,9-2-4-10(15)5-3-9)6-13-7-17-12(20-13)21-13/h2-5,8,12H,6-7H2,1H3. The number of carbonyl (C=O) groups is 1. The van der Waals surface area contributed by atoms with Gasteiger partial charge >= 0.3 is 6.16 Å². The summed E-state index contributed by atoms with van der Waals surface area (Å²) in [6, 6.07) is 7.10. The third kappa shape index (κ3) is 1.94. The summed E-state index contributed by atoms with van der Waals surface area (Å²) in [5.41, 5.74) is -0.206. The Bertz CT molecular complexity index is 576. The molecule has 0 radical (unpaired) electrons. The highest BCUT2D eigenvalue weighted by atomic mass is 35.5. The van der Waals surface area contributed by atoms with Crippen molar-refractivity contribution < 1.29 is 28.5 Å². The van der Waals surface area contributed by atoms with Gasteiger partial charge in [0.05, 0.1) is 6.42 Å². The zero-order valence-electron chi connectivity index (χ0n) is 11.2. The summed E-state index contributed by atoms with van der Waals surface area (Å²) in [4.78, 5) is 11.6. The van der Waals surface area contributed by atoms with Gasteiger partial charge in [0, 0.05) is 5.02 Å². The molecule has 0 amide bonds. The van der Waals surface area contributed by atoms with Crippen molar-refractivity contribution in [2.45, 2.75) is 37.3 Å². The van der Waals surface area contributed by atoms with E-state index in [1.54, 1.807) is 19.1 Å². The average molecular weight is 313 g/mol. The highest BCUT2D eigenvalue weighted by Gasteiger charge is 2.64. The summed E-state index contributed by atoms with van der Waals surface area (Å²) >= 11 is 5.93. The molecule has 2 unspecified atom stereocenters. The number of ether oxygens (including phenoxy) is 5. The van der Waals surface area contributed by atoms with Crippen molar-refractivity contribution in [2.75, 3.05) is 6.61 Å². The fourth-order valence-electron chi connectivity index (χ4n) is 3.03. The van der Waals surface area contributed by atoms with Crippen LogP contribution in [0, 0.1) is 0 Å². The van der Waals surface area contributed by atoms with E-state index in [9.17, 15) is 4.79 Å². The predicted molar refractivity (Wildman–Crippen MR) is 69.4 cm³/mol. The minimum absolute atomic E-state index is 0.297. The minimum atomic E-state index is -0.986. The molecule has 1 aromatic carbocycles. The van der Waals surface area contributed by atoms with Crippen LogP contribution in [-0.4, -0.2) is 31.1 Å². The van der Waals surface area contributed by atoms with Gasteiger partial charge in [-0.2, -0.15) is 0 Å². The van der Waals surface area contributed by atoms with Crippen molar-refractivity contribution in [2.24, 2.45) is 0 Å². The van der Waals surface area contributed by atoms with Crippen molar-refractivity contribution in [3.8, 4) is 0 Å². The molecule has 1 aromatic rings. The first kappa shape index (κ1) is 13.3. The summed E-state index contributed by atoms with van der Waals surface area (Å²) in [5, 5.41) is 0.602. The monoisotopic (exact) mass is 312 g/mol. The van der Waals surface area contributed by atoms with Crippen LogP contribution < -0.4 is 0 Å². The van der Waals surface area contributed by atoms with Crippen LogP contribution in [0.2, 0.25) is 5.02 Å². The summed E-state index contributed by atoms with van der Waals surface area (Å²) in [6.45, 7) is 1.47. The van der Waals surface area contributed by atoms with Gasteiger partial charge in [-0.3, -0.25) is 9.47 Å². The first-order chi connectivity index (χ1) is 10.0. The second-order valence-electron chi connectivity index (χ2n) is 5.43. The lowest BCUT2D eigenvalue weighted by Crippen LogP contribution is -2.53. The number of benzene rings is 1. The number of cyclic esters (lactones) is 2. The molecule has 2 atom stereocenters. The number of halogens is 1. The predicted octanol–water partition coefficient (Wildman–Crippen LogP) is 2.54. The van der Waals surface area contributed by atoms with Crippen LogP contribution >= 0.6 is 11.6 Å². The van der Waals surface area contributed by atoms with Crippen molar-refractivity contribution in [1.82, 2.24) is 0 Å². The van der Waals surface area contributed by atoms with Crippen LogP contribution in [0.5, 0.6) is 0 Å². The van der Waals surface area contributed by atoms with E-state index in [0.29, 0.717) is 18.1 Å². The first-order valence-electron chi connectivity index (χ1n) is 6.64. The number of fused-ring (bicyclic) bond motifs is 1. The fourth-order valence-corrected chi connectivity index (χ4v) is 3.15. The highest BCUT2D eigenvalue weighted by Crippen LogP contribution is 2.50. The van der Waals surface area contributed by atoms with Gasteiger partial charge in [-0.25, -0.2) is 4.79 Å². The third-order valence-electron chi connectivity index (χ3n) is 4.12. The summed E-state index contributed by atoms with van der Waals surface area (Å²) in [7, 11) is 0. The Morgan fingerprint density at radius 1 is 1.29 bits per heavy atom. The molecule has 112 valence electrons. The van der Waals surface area contributed by atoms with E-state index in [1.807, 2.05) is 12.1 Å². The summed E-state index contributed by atoms with van der Waals surface area (Å²) in [6.07, 6.45) is -0.888. The maximum atomic E-state index is 11.6. The van der Waals surface area contributed by atoms with E-state index in [1.165, 1.54) is 0 Å². The molecular weight excluding hydrogens is 300 g/mol. The van der Waals surface area contributed by atoms with Gasteiger partial charge in [0.25, 0.3) is 6.48 Å². The Kier molecular flexibility index (Phi) is 2.75. The molecule has 0 N–H and O–H groups in total. The van der Waals surface area contributed by atoms with Crippen molar-refractivity contribution >= 4 is 17.8 Å². The molecule has 21 heavy (non-hydrogen) atoms. The first-order valence-corrected chi connectivity index (χ1v) is 7.02. The van der Waals surface area contributed by atoms with Gasteiger partial charge in [0.2, 0.25) is 5.79 Å². The van der Waals surface area contributed by atoms with Gasteiger partial charge in [0.15, 0.2) is 5.60 Å². The Hall–Kier alpha value is -1.34. The van der Waals surface area contributed by atoms with Crippen LogP contribution in [0.15, 0.2) is 24.3 Å². The zero-order valence-corrected chi connectivity index (χ0v) is 12.0. The van der Waals surface area contributed by atoms with Crippen LogP contribution in [-0.2, 0) is 29.3 Å². The molecule has 5 rings (SSSR count). The van der Waals surface area contributed by atoms with E-state index in [2.05, 4.69) is 0 Å². The molecule has 0 aliphatic carbocycles. The Labute approximate surface area is 125 Å². The van der Waals surface area contributed by atoms with Gasteiger partial charge < -0.3 is 14.2 Å². The number of hydrogen-bond acceptors (Lipinski definition) is 6. The molecule has 4 aliphatic rings. The SMILES string of the molecule is CC1OC(=O)OC1(CC12COC(O1)O2)c1ccc(Cl)cc1. The molecule has 4 aliphatic heterocycles. The highest BCUT2D eigenvalue weighted by molar-refractivity contribution is 6.30. The summed E-state index contributed by atoms with van der Waals surface area (Å²) < 4.78 is 27.0. The molecule has 4 saturated heterocycles. The topological polar surface area (TPSA) is 63.2 Å². The normalized spacial score (nSPS) is 40.6. The van der Waals surface area contributed by atoms with E-state index >= 15 is 0 Å². The summed E-state index contributed by atoms with van der Waals surface area (Å²) in [5.74, 6) is -0.882. The lowest BCUT2D eigenvalue weighted by molar-refractivity contribution is -0.445. The lowest BCUT2D eigenvalue weighted by atomic mass is 9.82. The quantitative estimate of drug-likeness (QED) is 0.799. The van der Waals surface area contributed by atoms with Crippen molar-refractivity contribution in [3.05, 3.63) is 34.9 Å². The van der Waals surface area contributed by atoms with Gasteiger partial charge in [-0.1, -0.05) is 23.7 Å². The van der Waals surface area contributed by atoms with Crippen LogP contribution in [0.4, 0.5) is 4.79 Å². The second kappa shape index (κ2) is 4.33. The fraction of sp³-hybridized carbons (Fsp3) is 0.500. The van der Waals surface area contributed by atoms with Crippen LogP contribution in [0.1, 0.15) is 18.9 Å². The Morgan fingerprint density at radius 3 is 2.52 bits per heavy atom. The van der Waals surface area contributed by atoms with Gasteiger partial charge in [0.1, 0.15) is 12.7 Å². The molecular formula is C14H13ClO6. The number of rotatable bonds is 3. The van der Waals surface area contributed by atoms with E-state index < -0.39 is 30.1 Å². The molecule has 0 aromatic heterocycles. The number of hydrogen-bond donors (Lipinski definition) is 0. The van der Waals surface area contributed by atoms with Crippen LogP contribution in [0.25, 0.3) is 0 Å². The smallest absolute Gasteiger partial charge is 0.427 e. The zero-order chi connectivity index (χ0) is 14.7. The molecule has 0 spiro atoms. The maximum absolute atomic E-state index is 11.6. The van der Waals surface area contributed by atoms with Gasteiger partial charge in [-0.15, -0.1) is 0 Å². The molecule has 2 bridgehead atoms. The Morgan fingerprint density at radius 2 is 2.00 bits per heavy atom. The third-order valence-corrected chi connectivity index (χ3v) is 4.37. The van der Waals surface area contributed by atoms with E-state index in [4.69, 9.17) is 35.3 Å². The second-order valence-corrected chi connectivity index (χ2v) is 5.87. The van der Waals surface area contributed by atoms with Crippen molar-refractivity contribution in [3.63, 3.8) is 0 Å². The molecule has 4 heterocycles. The van der Waals surface area contributed by atoms with E-state index in [0.717, 1.165) is 5.56 Å². The van der Waals surface area contributed by atoms with E-state index in [-0.39, 0.29) is 0 Å². The number of carbonyl (C=O) groups excluding carboxylic acids is 1.